The number of Topliss-reactive ketones (excluding diaryl/α,β-unsaturated/α-hetero) is 2. The smallest absolute Gasteiger partial charge is 0.213 e. The van der Waals surface area contributed by atoms with Crippen molar-refractivity contribution in [3.8, 4) is 0 Å². The molecule has 0 aliphatic heterocycles. The number of carbonyl (C=O) groups excluding carboxylic acids is 2. The van der Waals surface area contributed by atoms with E-state index in [0.717, 1.165) is 0 Å². The summed E-state index contributed by atoms with van der Waals surface area (Å²) in [6.07, 6.45) is 1.84. The van der Waals surface area contributed by atoms with Gasteiger partial charge in [0.05, 0.1) is 6.61 Å². The van der Waals surface area contributed by atoms with Crippen molar-refractivity contribution in [3.05, 3.63) is 12.5 Å². The van der Waals surface area contributed by atoms with E-state index >= 15 is 0 Å². The van der Waals surface area contributed by atoms with Crippen LogP contribution in [0.3, 0.4) is 0 Å². The van der Waals surface area contributed by atoms with Crippen LogP contribution in [0.15, 0.2) is 12.5 Å². The van der Waals surface area contributed by atoms with E-state index in [-0.39, 0.29) is 18.0 Å². The zero-order chi connectivity index (χ0) is 11.0. The largest absolute Gasteiger partial charge is 0.498 e. The van der Waals surface area contributed by atoms with Gasteiger partial charge in [0.25, 0.3) is 0 Å². The molecule has 0 spiro atoms. The summed E-state index contributed by atoms with van der Waals surface area (Å²) in [5.74, 6) is -0.517. The Kier molecular flexibility index (Phi) is 6.45. The van der Waals surface area contributed by atoms with Crippen LogP contribution in [0.5, 0.6) is 0 Å². The Morgan fingerprint density at radius 1 is 1.29 bits per heavy atom. The van der Waals surface area contributed by atoms with Crippen LogP contribution in [0.1, 0.15) is 27.2 Å². The lowest BCUT2D eigenvalue weighted by Crippen LogP contribution is -2.29. The van der Waals surface area contributed by atoms with Crippen LogP contribution in [-0.4, -0.2) is 24.3 Å². The fourth-order valence-electron chi connectivity index (χ4n) is 0.830. The first-order valence-electron chi connectivity index (χ1n) is 4.58. The molecule has 0 saturated carbocycles. The molecular weight excluding hydrogens is 184 g/mol. The third-order valence-corrected chi connectivity index (χ3v) is 1.54. The standard InChI is InChI=1S/C10H16O4/c1-4-9(12)10(8(3)11)14-7-6-13-5-2/h6-7,10H,4-5H2,1-3H3/b7-6-. The van der Waals surface area contributed by atoms with Crippen molar-refractivity contribution < 1.29 is 19.1 Å². The summed E-state index contributed by atoms with van der Waals surface area (Å²) in [5.41, 5.74) is 0. The van der Waals surface area contributed by atoms with Gasteiger partial charge in [-0.25, -0.2) is 0 Å². The van der Waals surface area contributed by atoms with Crippen molar-refractivity contribution in [2.45, 2.75) is 33.3 Å². The van der Waals surface area contributed by atoms with Gasteiger partial charge in [-0.15, -0.1) is 0 Å². The first kappa shape index (κ1) is 12.7. The summed E-state index contributed by atoms with van der Waals surface area (Å²) < 4.78 is 9.80. The van der Waals surface area contributed by atoms with Crippen LogP contribution >= 0.6 is 0 Å². The van der Waals surface area contributed by atoms with E-state index in [1.807, 2.05) is 6.92 Å². The molecule has 4 nitrogen and oxygen atoms in total. The minimum Gasteiger partial charge on any atom is -0.498 e. The molecule has 0 aromatic heterocycles. The highest BCUT2D eigenvalue weighted by Crippen LogP contribution is 2.00. The maximum Gasteiger partial charge on any atom is 0.213 e. The van der Waals surface area contributed by atoms with Gasteiger partial charge < -0.3 is 9.47 Å². The minimum absolute atomic E-state index is 0.223. The molecule has 1 unspecified atom stereocenters. The van der Waals surface area contributed by atoms with E-state index < -0.39 is 6.10 Å². The summed E-state index contributed by atoms with van der Waals surface area (Å²) in [6, 6.07) is 0. The minimum atomic E-state index is -0.989. The average molecular weight is 200 g/mol. The molecule has 0 N–H and O–H groups in total. The van der Waals surface area contributed by atoms with Crippen LogP contribution in [0.2, 0.25) is 0 Å². The molecule has 80 valence electrons. The predicted molar refractivity (Wildman–Crippen MR) is 51.6 cm³/mol. The third kappa shape index (κ3) is 4.64. The van der Waals surface area contributed by atoms with Gasteiger partial charge in [0.1, 0.15) is 12.5 Å². The Labute approximate surface area is 83.9 Å². The molecule has 0 radical (unpaired) electrons. The summed E-state index contributed by atoms with van der Waals surface area (Å²) in [6.45, 7) is 5.36. The van der Waals surface area contributed by atoms with E-state index in [2.05, 4.69) is 0 Å². The summed E-state index contributed by atoms with van der Waals surface area (Å²) >= 11 is 0. The second-order valence-corrected chi connectivity index (χ2v) is 2.67. The highest BCUT2D eigenvalue weighted by Gasteiger charge is 2.21. The molecule has 0 aliphatic carbocycles. The monoisotopic (exact) mass is 200 g/mol. The molecule has 4 heteroatoms. The first-order valence-corrected chi connectivity index (χ1v) is 4.58. The maximum atomic E-state index is 11.2. The van der Waals surface area contributed by atoms with Crippen LogP contribution in [-0.2, 0) is 19.1 Å². The third-order valence-electron chi connectivity index (χ3n) is 1.54. The normalized spacial score (nSPS) is 12.5. The fraction of sp³-hybridized carbons (Fsp3) is 0.600. The predicted octanol–water partition coefficient (Wildman–Crippen LogP) is 1.45. The summed E-state index contributed by atoms with van der Waals surface area (Å²) in [5, 5.41) is 0. The highest BCUT2D eigenvalue weighted by molar-refractivity contribution is 6.04. The lowest BCUT2D eigenvalue weighted by molar-refractivity contribution is -0.137. The van der Waals surface area contributed by atoms with Crippen molar-refractivity contribution in [1.29, 1.82) is 0 Å². The Morgan fingerprint density at radius 3 is 2.36 bits per heavy atom. The second kappa shape index (κ2) is 7.12. The van der Waals surface area contributed by atoms with Crippen LogP contribution in [0.25, 0.3) is 0 Å². The Bertz CT molecular complexity index is 220. The molecule has 0 bridgehead atoms. The van der Waals surface area contributed by atoms with E-state index in [0.29, 0.717) is 6.61 Å². The van der Waals surface area contributed by atoms with Gasteiger partial charge in [0, 0.05) is 6.42 Å². The zero-order valence-electron chi connectivity index (χ0n) is 8.78. The van der Waals surface area contributed by atoms with Gasteiger partial charge >= 0.3 is 0 Å². The lowest BCUT2D eigenvalue weighted by atomic mass is 10.1. The Hall–Kier alpha value is -1.32. The average Bonchev–Trinajstić information content (AvgIpc) is 2.16. The van der Waals surface area contributed by atoms with Gasteiger partial charge in [-0.1, -0.05) is 6.92 Å². The Morgan fingerprint density at radius 2 is 1.93 bits per heavy atom. The van der Waals surface area contributed by atoms with Gasteiger partial charge in [0.2, 0.25) is 6.10 Å². The lowest BCUT2D eigenvalue weighted by Gasteiger charge is -2.10. The molecule has 0 fully saturated rings. The zero-order valence-corrected chi connectivity index (χ0v) is 8.78. The molecule has 0 aliphatic rings. The molecule has 0 saturated heterocycles. The van der Waals surface area contributed by atoms with Gasteiger partial charge in [0.15, 0.2) is 11.6 Å². The van der Waals surface area contributed by atoms with E-state index in [1.54, 1.807) is 6.92 Å². The quantitative estimate of drug-likeness (QED) is 0.461. The summed E-state index contributed by atoms with van der Waals surface area (Å²) in [4.78, 5) is 22.2. The molecule has 0 heterocycles. The van der Waals surface area contributed by atoms with Crippen molar-refractivity contribution in [1.82, 2.24) is 0 Å². The first-order chi connectivity index (χ1) is 6.63. The van der Waals surface area contributed by atoms with Gasteiger partial charge in [-0.3, -0.25) is 9.59 Å². The van der Waals surface area contributed by atoms with E-state index in [4.69, 9.17) is 9.47 Å². The van der Waals surface area contributed by atoms with Gasteiger partial charge in [-0.05, 0) is 13.8 Å². The molecule has 0 rings (SSSR count). The van der Waals surface area contributed by atoms with E-state index in [1.165, 1.54) is 19.4 Å². The molecule has 1 atom stereocenters. The number of ketones is 2. The SMILES string of the molecule is CCO/C=C\OC(C(C)=O)C(=O)CC. The fourth-order valence-corrected chi connectivity index (χ4v) is 0.830. The van der Waals surface area contributed by atoms with Crippen molar-refractivity contribution >= 4 is 11.6 Å². The molecular formula is C10H16O4. The molecule has 0 aromatic carbocycles. The highest BCUT2D eigenvalue weighted by atomic mass is 16.5. The number of carbonyl (C=O) groups is 2. The molecule has 0 aromatic rings. The van der Waals surface area contributed by atoms with Crippen LogP contribution in [0.4, 0.5) is 0 Å². The van der Waals surface area contributed by atoms with Gasteiger partial charge in [-0.2, -0.15) is 0 Å². The van der Waals surface area contributed by atoms with Crippen LogP contribution in [0, 0.1) is 0 Å². The summed E-state index contributed by atoms with van der Waals surface area (Å²) in [7, 11) is 0. The molecule has 14 heavy (non-hydrogen) atoms. The number of ether oxygens (including phenoxy) is 2. The number of hydrogen-bond donors (Lipinski definition) is 0. The van der Waals surface area contributed by atoms with Crippen molar-refractivity contribution in [3.63, 3.8) is 0 Å². The topological polar surface area (TPSA) is 52.6 Å². The molecule has 0 amide bonds. The van der Waals surface area contributed by atoms with Crippen molar-refractivity contribution in [2.75, 3.05) is 6.61 Å². The van der Waals surface area contributed by atoms with Crippen molar-refractivity contribution in [2.24, 2.45) is 0 Å². The second-order valence-electron chi connectivity index (χ2n) is 2.67. The van der Waals surface area contributed by atoms with E-state index in [9.17, 15) is 9.59 Å². The Balaban J connectivity index is 4.11. The number of hydrogen-bond acceptors (Lipinski definition) is 4. The maximum absolute atomic E-state index is 11.2. The van der Waals surface area contributed by atoms with Crippen LogP contribution < -0.4 is 0 Å². The number of rotatable bonds is 7.